The second-order valence-corrected chi connectivity index (χ2v) is 9.51. The van der Waals surface area contributed by atoms with E-state index in [0.29, 0.717) is 11.4 Å². The van der Waals surface area contributed by atoms with Crippen LogP contribution in [0.15, 0.2) is 24.3 Å². The Morgan fingerprint density at radius 2 is 1.85 bits per heavy atom. The van der Waals surface area contributed by atoms with Crippen LogP contribution in [0.1, 0.15) is 12.8 Å². The van der Waals surface area contributed by atoms with Gasteiger partial charge >= 0.3 is 0 Å². The topological polar surface area (TPSA) is 97.5 Å². The zero-order valence-corrected chi connectivity index (χ0v) is 12.8. The van der Waals surface area contributed by atoms with Gasteiger partial charge in [-0.05, 0) is 31.0 Å². The molecule has 1 saturated heterocycles. The summed E-state index contributed by atoms with van der Waals surface area (Å²) in [5.41, 5.74) is 6.62. The van der Waals surface area contributed by atoms with E-state index in [1.165, 1.54) is 11.4 Å². The second kappa shape index (κ2) is 5.25. The molecule has 0 saturated carbocycles. The predicted molar refractivity (Wildman–Crippen MR) is 79.9 cm³/mol. The zero-order chi connectivity index (χ0) is 15.0. The number of nitrogens with zero attached hydrogens (tertiary/aromatic N) is 1. The van der Waals surface area contributed by atoms with E-state index in [-0.39, 0.29) is 24.3 Å². The number of nitrogen functional groups attached to an aromatic ring is 1. The van der Waals surface area contributed by atoms with Crippen molar-refractivity contribution < 1.29 is 16.8 Å². The van der Waals surface area contributed by atoms with Crippen LogP contribution in [0, 0.1) is 0 Å². The Bertz CT molecular complexity index is 684. The van der Waals surface area contributed by atoms with Gasteiger partial charge in [0.05, 0.1) is 22.4 Å². The van der Waals surface area contributed by atoms with Gasteiger partial charge in [0, 0.05) is 12.7 Å². The van der Waals surface area contributed by atoms with Crippen molar-refractivity contribution in [1.82, 2.24) is 0 Å². The number of anilines is 2. The summed E-state index contributed by atoms with van der Waals surface area (Å²) in [6.07, 6.45) is 0.300. The first-order valence-corrected chi connectivity index (χ1v) is 9.58. The summed E-state index contributed by atoms with van der Waals surface area (Å²) in [6, 6.07) is 6.60. The van der Waals surface area contributed by atoms with E-state index in [1.54, 1.807) is 24.3 Å². The van der Waals surface area contributed by atoms with Gasteiger partial charge in [0.15, 0.2) is 0 Å². The van der Waals surface area contributed by atoms with Gasteiger partial charge in [-0.25, -0.2) is 16.8 Å². The molecule has 6 nitrogen and oxygen atoms in total. The highest BCUT2D eigenvalue weighted by atomic mass is 32.2. The maximum atomic E-state index is 12.5. The smallest absolute Gasteiger partial charge is 0.237 e. The Morgan fingerprint density at radius 1 is 1.25 bits per heavy atom. The molecule has 0 spiro atoms. The summed E-state index contributed by atoms with van der Waals surface area (Å²) in [4.78, 5) is 0. The molecule has 8 heteroatoms. The van der Waals surface area contributed by atoms with Gasteiger partial charge in [-0.1, -0.05) is 6.07 Å². The van der Waals surface area contributed by atoms with E-state index >= 15 is 0 Å². The van der Waals surface area contributed by atoms with Gasteiger partial charge in [-0.3, -0.25) is 4.31 Å². The lowest BCUT2D eigenvalue weighted by molar-refractivity contribution is 0.551. The Kier molecular flexibility index (Phi) is 3.97. The molecule has 112 valence electrons. The summed E-state index contributed by atoms with van der Waals surface area (Å²) >= 11 is 0. The highest BCUT2D eigenvalue weighted by Crippen LogP contribution is 2.26. The largest absolute Gasteiger partial charge is 0.399 e. The number of nitrogens with two attached hydrogens (primary N) is 1. The summed E-state index contributed by atoms with van der Waals surface area (Å²) in [5, 5.41) is -0.655. The number of hydrogen-bond acceptors (Lipinski definition) is 5. The number of benzene rings is 1. The van der Waals surface area contributed by atoms with Crippen LogP contribution in [0.4, 0.5) is 11.4 Å². The summed E-state index contributed by atoms with van der Waals surface area (Å²) < 4.78 is 48.9. The lowest BCUT2D eigenvalue weighted by Crippen LogP contribution is -2.41. The summed E-state index contributed by atoms with van der Waals surface area (Å²) in [6.45, 7) is 0. The predicted octanol–water partition coefficient (Wildman–Crippen LogP) is 0.612. The molecule has 0 unspecified atom stereocenters. The number of sulfonamides is 1. The molecule has 0 radical (unpaired) electrons. The maximum Gasteiger partial charge on any atom is 0.237 e. The fourth-order valence-corrected chi connectivity index (χ4v) is 5.73. The highest BCUT2D eigenvalue weighted by molar-refractivity contribution is 7.94. The minimum atomic E-state index is -3.57. The molecular formula is C12H18N2O4S2. The third kappa shape index (κ3) is 3.06. The molecule has 1 aromatic carbocycles. The first-order valence-electron chi connectivity index (χ1n) is 6.26. The lowest BCUT2D eigenvalue weighted by Gasteiger charge is -2.28. The monoisotopic (exact) mass is 318 g/mol. The van der Waals surface area contributed by atoms with Crippen molar-refractivity contribution in [2.75, 3.05) is 28.6 Å². The standard InChI is InChI=1S/C12H18N2O4S2/c1-14(11-4-2-3-10(13)9-11)20(17,18)12-5-7-19(15,16)8-6-12/h2-4,9,12H,5-8,13H2,1H3. The first-order chi connectivity index (χ1) is 9.22. The van der Waals surface area contributed by atoms with Gasteiger partial charge in [0.2, 0.25) is 10.0 Å². The Morgan fingerprint density at radius 3 is 2.40 bits per heavy atom. The summed E-state index contributed by atoms with van der Waals surface area (Å²) in [5.74, 6) is -0.136. The van der Waals surface area contributed by atoms with Gasteiger partial charge in [-0.15, -0.1) is 0 Å². The molecule has 1 aliphatic rings. The number of sulfone groups is 1. The molecule has 1 aromatic rings. The fraction of sp³-hybridized carbons (Fsp3) is 0.500. The van der Waals surface area contributed by atoms with Crippen LogP contribution in [0.5, 0.6) is 0 Å². The van der Waals surface area contributed by atoms with Crippen molar-refractivity contribution in [2.45, 2.75) is 18.1 Å². The van der Waals surface area contributed by atoms with Gasteiger partial charge in [0.1, 0.15) is 9.84 Å². The molecule has 20 heavy (non-hydrogen) atoms. The second-order valence-electron chi connectivity index (χ2n) is 4.96. The lowest BCUT2D eigenvalue weighted by atomic mass is 10.2. The molecule has 1 heterocycles. The quantitative estimate of drug-likeness (QED) is 0.824. The van der Waals surface area contributed by atoms with Crippen LogP contribution in [0.25, 0.3) is 0 Å². The molecule has 0 bridgehead atoms. The van der Waals surface area contributed by atoms with Crippen LogP contribution < -0.4 is 10.0 Å². The molecule has 0 atom stereocenters. The van der Waals surface area contributed by atoms with Crippen LogP contribution >= 0.6 is 0 Å². The number of hydrogen-bond donors (Lipinski definition) is 1. The Labute approximate surface area is 119 Å². The average Bonchev–Trinajstić information content (AvgIpc) is 2.37. The van der Waals surface area contributed by atoms with E-state index in [4.69, 9.17) is 5.73 Å². The minimum Gasteiger partial charge on any atom is -0.399 e. The van der Waals surface area contributed by atoms with E-state index < -0.39 is 25.1 Å². The van der Waals surface area contributed by atoms with Crippen molar-refractivity contribution in [3.8, 4) is 0 Å². The zero-order valence-electron chi connectivity index (χ0n) is 11.2. The Hall–Kier alpha value is -1.28. The third-order valence-corrected chi connectivity index (χ3v) is 7.54. The molecule has 1 aliphatic heterocycles. The van der Waals surface area contributed by atoms with Crippen molar-refractivity contribution >= 4 is 31.2 Å². The van der Waals surface area contributed by atoms with E-state index in [1.807, 2.05) is 0 Å². The molecule has 0 amide bonds. The van der Waals surface area contributed by atoms with Crippen molar-refractivity contribution in [2.24, 2.45) is 0 Å². The third-order valence-electron chi connectivity index (χ3n) is 3.54. The SMILES string of the molecule is CN(c1cccc(N)c1)S(=O)(=O)C1CCS(=O)(=O)CC1. The van der Waals surface area contributed by atoms with Gasteiger partial charge < -0.3 is 5.73 Å². The minimum absolute atomic E-state index is 0.0678. The van der Waals surface area contributed by atoms with E-state index in [9.17, 15) is 16.8 Å². The van der Waals surface area contributed by atoms with Crippen molar-refractivity contribution in [3.05, 3.63) is 24.3 Å². The maximum absolute atomic E-state index is 12.5. The summed E-state index contributed by atoms with van der Waals surface area (Å²) in [7, 11) is -5.18. The van der Waals surface area contributed by atoms with E-state index in [0.717, 1.165) is 0 Å². The van der Waals surface area contributed by atoms with Crippen molar-refractivity contribution in [1.29, 1.82) is 0 Å². The average molecular weight is 318 g/mol. The van der Waals surface area contributed by atoms with E-state index in [2.05, 4.69) is 0 Å². The normalized spacial score (nSPS) is 19.6. The fourth-order valence-electron chi connectivity index (χ4n) is 2.26. The molecular weight excluding hydrogens is 300 g/mol. The van der Waals surface area contributed by atoms with Gasteiger partial charge in [0.25, 0.3) is 0 Å². The first kappa shape index (κ1) is 15.1. The molecule has 1 fully saturated rings. The van der Waals surface area contributed by atoms with Crippen LogP contribution in [-0.4, -0.2) is 40.6 Å². The van der Waals surface area contributed by atoms with Crippen molar-refractivity contribution in [3.63, 3.8) is 0 Å². The molecule has 2 N–H and O–H groups in total. The molecule has 0 aliphatic carbocycles. The van der Waals surface area contributed by atoms with Crippen LogP contribution in [0.2, 0.25) is 0 Å². The Balaban J connectivity index is 2.23. The number of rotatable bonds is 3. The molecule has 2 rings (SSSR count). The highest BCUT2D eigenvalue weighted by Gasteiger charge is 2.35. The molecule has 0 aromatic heterocycles. The van der Waals surface area contributed by atoms with Crippen LogP contribution in [-0.2, 0) is 19.9 Å². The van der Waals surface area contributed by atoms with Crippen LogP contribution in [0.3, 0.4) is 0 Å². The van der Waals surface area contributed by atoms with Gasteiger partial charge in [-0.2, -0.15) is 0 Å².